The number of aliphatic hydroxyl groups excluding tert-OH is 1. The normalized spacial score (nSPS) is 15.4. The molecular formula is C17H22Cl2NO2Ti. The van der Waals surface area contributed by atoms with Crippen LogP contribution in [0.3, 0.4) is 0 Å². The Morgan fingerprint density at radius 2 is 1.74 bits per heavy atom. The first-order chi connectivity index (χ1) is 9.85. The van der Waals surface area contributed by atoms with Crippen LogP contribution in [-0.2, 0) is 25.2 Å². The van der Waals surface area contributed by atoms with Crippen molar-refractivity contribution in [2.45, 2.75) is 33.2 Å². The average molecular weight is 391 g/mol. The standard InChI is InChI=1S/C17H22NO2.2ClH.Ti/c1-12(20-10-9-19)16-14-8-6-5-7-13(14)11-15(16)18-17(2,3)4;;;/h5-8,18-19H,9-10H2,1-4H3;2*1H;/q;;;+2/p-2. The molecule has 23 heavy (non-hydrogen) atoms. The van der Waals surface area contributed by atoms with Crippen molar-refractivity contribution in [2.24, 2.45) is 0 Å². The zero-order valence-corrected chi connectivity index (χ0v) is 16.9. The molecule has 0 saturated carbocycles. The van der Waals surface area contributed by atoms with Crippen LogP contribution in [0.15, 0.2) is 35.7 Å². The van der Waals surface area contributed by atoms with E-state index in [1.807, 2.05) is 13.0 Å². The van der Waals surface area contributed by atoms with Gasteiger partial charge in [0.25, 0.3) is 0 Å². The number of halogens is 2. The molecule has 0 fully saturated rings. The van der Waals surface area contributed by atoms with E-state index in [2.05, 4.69) is 64.7 Å². The number of allylic oxidation sites excluding steroid dienone is 2. The molecule has 0 aromatic heterocycles. The molecule has 6 heteroatoms. The largest absolute Gasteiger partial charge is 1.00 e. The summed E-state index contributed by atoms with van der Waals surface area (Å²) in [4.78, 5) is 0. The Balaban J connectivity index is 0.00000242. The number of aliphatic hydroxyl groups is 1. The molecule has 1 aliphatic rings. The molecule has 0 atom stereocenters. The quantitative estimate of drug-likeness (QED) is 0.426. The Morgan fingerprint density at radius 3 is 2.26 bits per heavy atom. The van der Waals surface area contributed by atoms with Crippen LogP contribution >= 0.6 is 0 Å². The molecule has 0 aliphatic heterocycles. The van der Waals surface area contributed by atoms with Crippen molar-refractivity contribution in [1.29, 1.82) is 0 Å². The molecule has 0 bridgehead atoms. The van der Waals surface area contributed by atoms with E-state index in [0.717, 1.165) is 17.0 Å². The fourth-order valence-electron chi connectivity index (χ4n) is 2.45. The topological polar surface area (TPSA) is 41.5 Å². The van der Waals surface area contributed by atoms with Gasteiger partial charge >= 0.3 is 138 Å². The Morgan fingerprint density at radius 1 is 1.17 bits per heavy atom. The number of hydrogen-bond donors (Lipinski definition) is 2. The average Bonchev–Trinajstić information content (AvgIpc) is 2.68. The van der Waals surface area contributed by atoms with Crippen molar-refractivity contribution in [3.05, 3.63) is 46.8 Å². The molecule has 0 heterocycles. The maximum Gasteiger partial charge on any atom is -1.00 e. The first-order valence-corrected chi connectivity index (χ1v) is 7.92. The van der Waals surface area contributed by atoms with E-state index < -0.39 is 0 Å². The third-order valence-electron chi connectivity index (χ3n) is 3.23. The SMILES string of the molecule is CC(OCCO)=C1C(NC(C)(C)C)=[C]([Ti+2])c2ccccc21.[Cl-].[Cl-]. The van der Waals surface area contributed by atoms with Crippen LogP contribution in [-0.4, -0.2) is 23.9 Å². The Hall–Kier alpha value is -0.446. The first kappa shape index (κ1) is 22.6. The van der Waals surface area contributed by atoms with Gasteiger partial charge in [-0.15, -0.1) is 0 Å². The molecule has 125 valence electrons. The minimum absolute atomic E-state index is 0. The summed E-state index contributed by atoms with van der Waals surface area (Å²) in [5.41, 5.74) is 4.63. The summed E-state index contributed by atoms with van der Waals surface area (Å²) in [7, 11) is 0. The molecule has 1 aromatic rings. The summed E-state index contributed by atoms with van der Waals surface area (Å²) < 4.78 is 6.92. The molecule has 0 unspecified atom stereocenters. The summed E-state index contributed by atoms with van der Waals surface area (Å²) >= 11 is 2.14. The van der Waals surface area contributed by atoms with Gasteiger partial charge in [0.15, 0.2) is 0 Å². The summed E-state index contributed by atoms with van der Waals surface area (Å²) in [6.07, 6.45) is 0. The van der Waals surface area contributed by atoms with Crippen LogP contribution in [0, 0.1) is 0 Å². The fourth-order valence-corrected chi connectivity index (χ4v) is 3.08. The van der Waals surface area contributed by atoms with Gasteiger partial charge < -0.3 is 24.8 Å². The van der Waals surface area contributed by atoms with Crippen LogP contribution in [0.2, 0.25) is 0 Å². The molecule has 0 spiro atoms. The molecule has 1 aliphatic carbocycles. The van der Waals surface area contributed by atoms with E-state index in [0.29, 0.717) is 6.61 Å². The van der Waals surface area contributed by atoms with E-state index in [9.17, 15) is 0 Å². The van der Waals surface area contributed by atoms with Crippen LogP contribution in [0.4, 0.5) is 0 Å². The van der Waals surface area contributed by atoms with Gasteiger partial charge in [-0.1, -0.05) is 0 Å². The third-order valence-corrected chi connectivity index (χ3v) is 4.04. The Labute approximate surface area is 162 Å². The second-order valence-corrected chi connectivity index (χ2v) is 6.95. The smallest absolute Gasteiger partial charge is 1.00 e. The second kappa shape index (κ2) is 9.15. The van der Waals surface area contributed by atoms with Gasteiger partial charge in [0.05, 0.1) is 0 Å². The first-order valence-electron chi connectivity index (χ1n) is 7.14. The van der Waals surface area contributed by atoms with Crippen LogP contribution < -0.4 is 30.1 Å². The number of ether oxygens (including phenoxy) is 1. The van der Waals surface area contributed by atoms with Crippen LogP contribution in [0.5, 0.6) is 0 Å². The molecule has 2 rings (SSSR count). The van der Waals surface area contributed by atoms with Gasteiger partial charge in [-0.25, -0.2) is 0 Å². The van der Waals surface area contributed by atoms with Gasteiger partial charge in [0, 0.05) is 0 Å². The van der Waals surface area contributed by atoms with Crippen molar-refractivity contribution in [3.8, 4) is 0 Å². The summed E-state index contributed by atoms with van der Waals surface area (Å²) in [5, 5.41) is 12.6. The maximum absolute atomic E-state index is 8.98. The Bertz CT molecular complexity index is 607. The molecule has 0 radical (unpaired) electrons. The zero-order valence-electron chi connectivity index (χ0n) is 13.8. The minimum atomic E-state index is -0.0266. The van der Waals surface area contributed by atoms with Gasteiger partial charge in [-0.05, 0) is 0 Å². The molecule has 1 aromatic carbocycles. The molecule has 3 nitrogen and oxygen atoms in total. The van der Waals surface area contributed by atoms with E-state index in [1.165, 1.54) is 15.0 Å². The zero-order chi connectivity index (χ0) is 15.6. The summed E-state index contributed by atoms with van der Waals surface area (Å²) in [6, 6.07) is 8.37. The van der Waals surface area contributed by atoms with Gasteiger partial charge in [-0.2, -0.15) is 0 Å². The van der Waals surface area contributed by atoms with Crippen molar-refractivity contribution in [3.63, 3.8) is 0 Å². The fraction of sp³-hybridized carbons (Fsp3) is 0.412. The summed E-state index contributed by atoms with van der Waals surface area (Å²) in [5.74, 6) is 0.847. The summed E-state index contributed by atoms with van der Waals surface area (Å²) in [6.45, 7) is 8.76. The van der Waals surface area contributed by atoms with Crippen molar-refractivity contribution < 1.29 is 55.1 Å². The predicted molar refractivity (Wildman–Crippen MR) is 81.9 cm³/mol. The van der Waals surface area contributed by atoms with E-state index in [1.54, 1.807) is 0 Å². The van der Waals surface area contributed by atoms with E-state index >= 15 is 0 Å². The van der Waals surface area contributed by atoms with E-state index in [4.69, 9.17) is 9.84 Å². The van der Waals surface area contributed by atoms with Crippen molar-refractivity contribution >= 4 is 9.45 Å². The second-order valence-electron chi connectivity index (χ2n) is 6.17. The molecule has 0 amide bonds. The number of fused-ring (bicyclic) bond motifs is 1. The number of benzene rings is 1. The van der Waals surface area contributed by atoms with Crippen molar-refractivity contribution in [1.82, 2.24) is 5.32 Å². The third kappa shape index (κ3) is 5.27. The van der Waals surface area contributed by atoms with Gasteiger partial charge in [-0.3, -0.25) is 0 Å². The van der Waals surface area contributed by atoms with Crippen LogP contribution in [0.1, 0.15) is 38.8 Å². The van der Waals surface area contributed by atoms with E-state index in [-0.39, 0.29) is 37.0 Å². The number of rotatable bonds is 4. The maximum atomic E-state index is 8.98. The Kier molecular flexibility index (Phi) is 8.97. The monoisotopic (exact) mass is 390 g/mol. The number of hydrogen-bond acceptors (Lipinski definition) is 3. The molecular weight excluding hydrogens is 369 g/mol. The predicted octanol–water partition coefficient (Wildman–Crippen LogP) is -2.95. The molecule has 2 N–H and O–H groups in total. The van der Waals surface area contributed by atoms with Crippen molar-refractivity contribution in [2.75, 3.05) is 13.2 Å². The molecule has 0 saturated heterocycles. The number of nitrogens with one attached hydrogen (secondary N) is 1. The van der Waals surface area contributed by atoms with Crippen LogP contribution in [0.25, 0.3) is 9.45 Å². The van der Waals surface area contributed by atoms with Gasteiger partial charge in [0.1, 0.15) is 0 Å². The van der Waals surface area contributed by atoms with Gasteiger partial charge in [0.2, 0.25) is 0 Å². The minimum Gasteiger partial charge on any atom is -1.00 e.